The summed E-state index contributed by atoms with van der Waals surface area (Å²) in [7, 11) is 0. The molecule has 0 atom stereocenters. The van der Waals surface area contributed by atoms with Crippen molar-refractivity contribution >= 4 is 5.78 Å². The number of rotatable bonds is 6. The number of ether oxygens (including phenoxy) is 2. The average Bonchev–Trinajstić information content (AvgIpc) is 2.41. The smallest absolute Gasteiger partial charge is 0.162 e. The number of hydrogen-bond acceptors (Lipinski definition) is 3. The number of hydrogen-bond donors (Lipinski definition) is 0. The lowest BCUT2D eigenvalue weighted by Gasteiger charge is -2.21. The van der Waals surface area contributed by atoms with Gasteiger partial charge in [0.25, 0.3) is 0 Å². The first kappa shape index (κ1) is 13.2. The van der Waals surface area contributed by atoms with Crippen LogP contribution in [0, 0.1) is 5.92 Å². The lowest BCUT2D eigenvalue weighted by molar-refractivity contribution is -0.123. The first-order chi connectivity index (χ1) is 8.84. The van der Waals surface area contributed by atoms with Crippen molar-refractivity contribution < 1.29 is 14.3 Å². The van der Waals surface area contributed by atoms with Crippen LogP contribution >= 0.6 is 0 Å². The zero-order chi connectivity index (χ0) is 12.6. The second-order valence-corrected chi connectivity index (χ2v) is 4.77. The highest BCUT2D eigenvalue weighted by Gasteiger charge is 2.14. The normalized spacial score (nSPS) is 16.7. The van der Waals surface area contributed by atoms with Crippen molar-refractivity contribution in [2.24, 2.45) is 5.92 Å². The molecule has 0 radical (unpaired) electrons. The Morgan fingerprint density at radius 3 is 2.67 bits per heavy atom. The van der Waals surface area contributed by atoms with E-state index in [-0.39, 0.29) is 12.4 Å². The Morgan fingerprint density at radius 2 is 1.94 bits per heavy atom. The molecule has 0 spiro atoms. The highest BCUT2D eigenvalue weighted by atomic mass is 16.5. The lowest BCUT2D eigenvalue weighted by Crippen LogP contribution is -2.22. The lowest BCUT2D eigenvalue weighted by atomic mass is 10.0. The summed E-state index contributed by atoms with van der Waals surface area (Å²) in [6.07, 6.45) is 2.56. The van der Waals surface area contributed by atoms with Crippen molar-refractivity contribution in [3.8, 4) is 0 Å². The van der Waals surface area contributed by atoms with E-state index in [4.69, 9.17) is 9.47 Å². The molecule has 1 aromatic rings. The van der Waals surface area contributed by atoms with Crippen LogP contribution in [0.15, 0.2) is 30.3 Å². The molecule has 0 amide bonds. The molecular formula is C15H20O3. The van der Waals surface area contributed by atoms with Gasteiger partial charge in [-0.2, -0.15) is 0 Å². The van der Waals surface area contributed by atoms with Gasteiger partial charge in [-0.05, 0) is 24.3 Å². The molecule has 0 bridgehead atoms. The molecule has 0 unspecified atom stereocenters. The van der Waals surface area contributed by atoms with E-state index < -0.39 is 0 Å². The van der Waals surface area contributed by atoms with Gasteiger partial charge in [0.15, 0.2) is 5.78 Å². The first-order valence-electron chi connectivity index (χ1n) is 6.55. The topological polar surface area (TPSA) is 35.5 Å². The van der Waals surface area contributed by atoms with Crippen LogP contribution in [0.2, 0.25) is 0 Å². The van der Waals surface area contributed by atoms with Crippen LogP contribution in [0.1, 0.15) is 18.4 Å². The van der Waals surface area contributed by atoms with Crippen LogP contribution in [0.3, 0.4) is 0 Å². The summed E-state index contributed by atoms with van der Waals surface area (Å²) in [6.45, 7) is 2.56. The van der Waals surface area contributed by atoms with Crippen LogP contribution in [-0.4, -0.2) is 32.2 Å². The van der Waals surface area contributed by atoms with Gasteiger partial charge in [0.2, 0.25) is 0 Å². The molecule has 2 rings (SSSR count). The number of benzene rings is 1. The van der Waals surface area contributed by atoms with Crippen molar-refractivity contribution in [1.82, 2.24) is 0 Å². The van der Waals surface area contributed by atoms with Crippen LogP contribution < -0.4 is 0 Å². The van der Waals surface area contributed by atoms with Gasteiger partial charge in [0.1, 0.15) is 6.61 Å². The van der Waals surface area contributed by atoms with Gasteiger partial charge in [-0.25, -0.2) is 0 Å². The van der Waals surface area contributed by atoms with Crippen molar-refractivity contribution in [3.05, 3.63) is 35.9 Å². The van der Waals surface area contributed by atoms with E-state index in [1.807, 2.05) is 30.3 Å². The summed E-state index contributed by atoms with van der Waals surface area (Å²) in [4.78, 5) is 11.7. The quantitative estimate of drug-likeness (QED) is 0.774. The Bertz CT molecular complexity index is 355. The number of ketones is 1. The molecule has 0 aromatic heterocycles. The van der Waals surface area contributed by atoms with Crippen molar-refractivity contribution in [1.29, 1.82) is 0 Å². The minimum Gasteiger partial charge on any atom is -0.381 e. The summed E-state index contributed by atoms with van der Waals surface area (Å²) in [5.41, 5.74) is 1.05. The van der Waals surface area contributed by atoms with E-state index in [1.165, 1.54) is 0 Å². The molecule has 1 fully saturated rings. The van der Waals surface area contributed by atoms with Gasteiger partial charge in [-0.1, -0.05) is 30.3 Å². The molecule has 0 saturated carbocycles. The van der Waals surface area contributed by atoms with E-state index >= 15 is 0 Å². The molecular weight excluding hydrogens is 228 g/mol. The molecule has 3 nitrogen and oxygen atoms in total. The second kappa shape index (κ2) is 7.29. The third kappa shape index (κ3) is 4.59. The largest absolute Gasteiger partial charge is 0.381 e. The van der Waals surface area contributed by atoms with Crippen LogP contribution in [0.4, 0.5) is 0 Å². The molecule has 98 valence electrons. The average molecular weight is 248 g/mol. The molecule has 0 N–H and O–H groups in total. The van der Waals surface area contributed by atoms with Crippen molar-refractivity contribution in [3.63, 3.8) is 0 Å². The van der Waals surface area contributed by atoms with Crippen molar-refractivity contribution in [2.75, 3.05) is 26.4 Å². The molecule has 1 heterocycles. The zero-order valence-corrected chi connectivity index (χ0v) is 10.6. The Morgan fingerprint density at radius 1 is 1.22 bits per heavy atom. The highest BCUT2D eigenvalue weighted by molar-refractivity contribution is 5.82. The maximum Gasteiger partial charge on any atom is 0.162 e. The Balaban J connectivity index is 1.62. The highest BCUT2D eigenvalue weighted by Crippen LogP contribution is 2.14. The SMILES string of the molecule is O=C(COCC1CCOCC1)Cc1ccccc1. The Kier molecular flexibility index (Phi) is 5.36. The Hall–Kier alpha value is -1.19. The van der Waals surface area contributed by atoms with E-state index in [9.17, 15) is 4.79 Å². The summed E-state index contributed by atoms with van der Waals surface area (Å²) in [5.74, 6) is 0.705. The fraction of sp³-hybridized carbons (Fsp3) is 0.533. The third-order valence-corrected chi connectivity index (χ3v) is 3.20. The van der Waals surface area contributed by atoms with Gasteiger partial charge in [0, 0.05) is 19.6 Å². The zero-order valence-electron chi connectivity index (χ0n) is 10.6. The molecule has 1 aromatic carbocycles. The van der Waals surface area contributed by atoms with Crippen molar-refractivity contribution in [2.45, 2.75) is 19.3 Å². The van der Waals surface area contributed by atoms with Crippen LogP contribution in [-0.2, 0) is 20.7 Å². The summed E-state index contributed by atoms with van der Waals surface area (Å²) in [5, 5.41) is 0. The maximum atomic E-state index is 11.7. The molecule has 0 aliphatic carbocycles. The summed E-state index contributed by atoms with van der Waals surface area (Å²) < 4.78 is 10.8. The molecule has 1 aliphatic heterocycles. The monoisotopic (exact) mass is 248 g/mol. The predicted octanol–water partition coefficient (Wildman–Crippen LogP) is 2.24. The maximum absolute atomic E-state index is 11.7. The number of Topliss-reactive ketones (excluding diaryl/α,β-unsaturated/α-hetero) is 1. The van der Waals surface area contributed by atoms with Gasteiger partial charge in [-0.3, -0.25) is 4.79 Å². The predicted molar refractivity (Wildman–Crippen MR) is 69.5 cm³/mol. The molecule has 1 aliphatic rings. The van der Waals surface area contributed by atoms with Gasteiger partial charge < -0.3 is 9.47 Å². The van der Waals surface area contributed by atoms with E-state index in [0.717, 1.165) is 31.6 Å². The van der Waals surface area contributed by atoms with E-state index in [0.29, 0.717) is 18.9 Å². The number of carbonyl (C=O) groups excluding carboxylic acids is 1. The van der Waals surface area contributed by atoms with Gasteiger partial charge in [-0.15, -0.1) is 0 Å². The van der Waals surface area contributed by atoms with Crippen LogP contribution in [0.5, 0.6) is 0 Å². The minimum absolute atomic E-state index is 0.147. The number of carbonyl (C=O) groups is 1. The van der Waals surface area contributed by atoms with Gasteiger partial charge >= 0.3 is 0 Å². The third-order valence-electron chi connectivity index (χ3n) is 3.20. The van der Waals surface area contributed by atoms with E-state index in [1.54, 1.807) is 0 Å². The summed E-state index contributed by atoms with van der Waals surface area (Å²) in [6, 6.07) is 9.79. The summed E-state index contributed by atoms with van der Waals surface area (Å²) >= 11 is 0. The molecule has 18 heavy (non-hydrogen) atoms. The second-order valence-electron chi connectivity index (χ2n) is 4.77. The molecule has 3 heteroatoms. The minimum atomic E-state index is 0.147. The molecule has 1 saturated heterocycles. The Labute approximate surface area is 108 Å². The van der Waals surface area contributed by atoms with Gasteiger partial charge in [0.05, 0.1) is 6.61 Å². The van der Waals surface area contributed by atoms with Crippen LogP contribution in [0.25, 0.3) is 0 Å². The first-order valence-corrected chi connectivity index (χ1v) is 6.55. The van der Waals surface area contributed by atoms with E-state index in [2.05, 4.69) is 0 Å². The standard InChI is InChI=1S/C15H20O3/c16-15(10-13-4-2-1-3-5-13)12-18-11-14-6-8-17-9-7-14/h1-5,14H,6-12H2. The fourth-order valence-electron chi connectivity index (χ4n) is 2.13. The fourth-order valence-corrected chi connectivity index (χ4v) is 2.13.